The highest BCUT2D eigenvalue weighted by atomic mass is 19.4. The molecular formula is C23H24F4N6O3. The van der Waals surface area contributed by atoms with Gasteiger partial charge in [0, 0.05) is 18.3 Å². The van der Waals surface area contributed by atoms with Crippen LogP contribution in [0.5, 0.6) is 5.75 Å². The third kappa shape index (κ3) is 6.36. The van der Waals surface area contributed by atoms with Crippen LogP contribution in [0.3, 0.4) is 0 Å². The molecule has 0 bridgehead atoms. The number of anilines is 2. The number of halogens is 4. The molecule has 0 saturated carbocycles. The molecule has 0 atom stereocenters. The van der Waals surface area contributed by atoms with Crippen LogP contribution in [-0.2, 0) is 12.7 Å². The smallest absolute Gasteiger partial charge is 0.416 e. The molecule has 9 nitrogen and oxygen atoms in total. The maximum absolute atomic E-state index is 14.5. The summed E-state index contributed by atoms with van der Waals surface area (Å²) < 4.78 is 60.3. The van der Waals surface area contributed by atoms with Gasteiger partial charge in [0.2, 0.25) is 0 Å². The maximum atomic E-state index is 14.5. The van der Waals surface area contributed by atoms with E-state index in [0.717, 1.165) is 6.07 Å². The van der Waals surface area contributed by atoms with E-state index in [1.54, 1.807) is 27.9 Å². The second-order valence-electron chi connectivity index (χ2n) is 8.01. The van der Waals surface area contributed by atoms with Gasteiger partial charge < -0.3 is 25.3 Å². The number of urea groups is 1. The van der Waals surface area contributed by atoms with Crippen LogP contribution in [0.25, 0.3) is 11.4 Å². The van der Waals surface area contributed by atoms with Crippen molar-refractivity contribution in [1.82, 2.24) is 19.9 Å². The van der Waals surface area contributed by atoms with Crippen molar-refractivity contribution in [1.29, 1.82) is 0 Å². The molecule has 3 aromatic rings. The molecule has 0 unspecified atom stereocenters. The summed E-state index contributed by atoms with van der Waals surface area (Å²) in [6.07, 6.45) is -2.06. The van der Waals surface area contributed by atoms with Gasteiger partial charge in [-0.3, -0.25) is 4.79 Å². The molecule has 0 radical (unpaired) electrons. The zero-order valence-corrected chi connectivity index (χ0v) is 19.9. The third-order valence-electron chi connectivity index (χ3n) is 4.89. The number of carbonyl (C=O) groups is 1. The topological polar surface area (TPSA) is 112 Å². The summed E-state index contributed by atoms with van der Waals surface area (Å²) in [5.41, 5.74) is -1.44. The molecule has 0 aliphatic heterocycles. The van der Waals surface area contributed by atoms with E-state index >= 15 is 0 Å². The Morgan fingerprint density at radius 1 is 1.17 bits per heavy atom. The first kappa shape index (κ1) is 26.6. The summed E-state index contributed by atoms with van der Waals surface area (Å²) in [5, 5.41) is 4.50. The number of nitrogens with zero attached hydrogens (tertiary/aromatic N) is 3. The van der Waals surface area contributed by atoms with Crippen LogP contribution in [0.2, 0.25) is 0 Å². The number of benzene rings is 1. The quantitative estimate of drug-likeness (QED) is 0.408. The van der Waals surface area contributed by atoms with E-state index in [1.165, 1.54) is 23.4 Å². The van der Waals surface area contributed by atoms with Crippen LogP contribution in [-0.4, -0.2) is 46.6 Å². The minimum absolute atomic E-state index is 0.0923. The lowest BCUT2D eigenvalue weighted by atomic mass is 10.0. The molecule has 0 fully saturated rings. The fourth-order valence-electron chi connectivity index (χ4n) is 3.31. The SMILES string of the molecule is CCOc1cc(-c2ncc(NC(=O)Nc3cc(C(F)(F)F)c(CN(C)C)cc3F)c(C)n2)c[nH]c1=O. The number of aromatic amines is 1. The van der Waals surface area contributed by atoms with Gasteiger partial charge in [0.15, 0.2) is 11.6 Å². The molecule has 1 aromatic carbocycles. The van der Waals surface area contributed by atoms with Gasteiger partial charge in [0.1, 0.15) is 5.82 Å². The van der Waals surface area contributed by atoms with Crippen molar-refractivity contribution in [3.8, 4) is 17.1 Å². The van der Waals surface area contributed by atoms with Gasteiger partial charge in [0.25, 0.3) is 5.56 Å². The molecule has 0 saturated heterocycles. The predicted octanol–water partition coefficient (Wildman–Crippen LogP) is 4.40. The van der Waals surface area contributed by atoms with E-state index in [2.05, 4.69) is 25.6 Å². The van der Waals surface area contributed by atoms with Gasteiger partial charge in [-0.15, -0.1) is 0 Å². The average molecular weight is 508 g/mol. The number of aromatic nitrogens is 3. The normalized spacial score (nSPS) is 11.5. The Morgan fingerprint density at radius 3 is 2.47 bits per heavy atom. The molecule has 36 heavy (non-hydrogen) atoms. The minimum Gasteiger partial charge on any atom is -0.488 e. The summed E-state index contributed by atoms with van der Waals surface area (Å²) in [5.74, 6) is -0.691. The lowest BCUT2D eigenvalue weighted by Gasteiger charge is -2.18. The molecule has 3 rings (SSSR count). The third-order valence-corrected chi connectivity index (χ3v) is 4.89. The number of rotatable bonds is 7. The minimum atomic E-state index is -4.74. The molecule has 3 N–H and O–H groups in total. The highest BCUT2D eigenvalue weighted by molar-refractivity contribution is 6.00. The van der Waals surface area contributed by atoms with Gasteiger partial charge >= 0.3 is 12.2 Å². The summed E-state index contributed by atoms with van der Waals surface area (Å²) in [7, 11) is 3.12. The van der Waals surface area contributed by atoms with Crippen LogP contribution in [0.1, 0.15) is 23.7 Å². The Hall–Kier alpha value is -4.00. The van der Waals surface area contributed by atoms with Crippen LogP contribution in [0, 0.1) is 12.7 Å². The van der Waals surface area contributed by atoms with Crippen LogP contribution in [0.15, 0.2) is 35.4 Å². The van der Waals surface area contributed by atoms with Crippen molar-refractivity contribution in [2.24, 2.45) is 0 Å². The van der Waals surface area contributed by atoms with E-state index in [1.807, 2.05) is 0 Å². The second-order valence-corrected chi connectivity index (χ2v) is 8.01. The number of hydrogen-bond acceptors (Lipinski definition) is 6. The van der Waals surface area contributed by atoms with Crippen molar-refractivity contribution < 1.29 is 27.1 Å². The number of alkyl halides is 3. The molecule has 2 amide bonds. The maximum Gasteiger partial charge on any atom is 0.416 e. The van der Waals surface area contributed by atoms with Crippen molar-refractivity contribution in [2.45, 2.75) is 26.6 Å². The van der Waals surface area contributed by atoms with Gasteiger partial charge in [0.05, 0.1) is 35.4 Å². The number of nitrogens with one attached hydrogen (secondary N) is 3. The Kier molecular flexibility index (Phi) is 7.93. The number of aryl methyl sites for hydroxylation is 1. The van der Waals surface area contributed by atoms with Crippen LogP contribution in [0.4, 0.5) is 33.7 Å². The molecule has 2 heterocycles. The van der Waals surface area contributed by atoms with E-state index in [4.69, 9.17) is 4.74 Å². The molecule has 0 spiro atoms. The largest absolute Gasteiger partial charge is 0.488 e. The van der Waals surface area contributed by atoms with Crippen LogP contribution >= 0.6 is 0 Å². The molecule has 192 valence electrons. The highest BCUT2D eigenvalue weighted by Crippen LogP contribution is 2.35. The van der Waals surface area contributed by atoms with E-state index < -0.39 is 34.8 Å². The Morgan fingerprint density at radius 2 is 1.86 bits per heavy atom. The van der Waals surface area contributed by atoms with Gasteiger partial charge in [-0.1, -0.05) is 0 Å². The predicted molar refractivity (Wildman–Crippen MR) is 125 cm³/mol. The number of carbonyl (C=O) groups excluding carboxylic acids is 1. The lowest BCUT2D eigenvalue weighted by Crippen LogP contribution is -2.23. The zero-order chi connectivity index (χ0) is 26.6. The summed E-state index contributed by atoms with van der Waals surface area (Å²) in [4.78, 5) is 36.6. The first-order chi connectivity index (χ1) is 16.9. The zero-order valence-electron chi connectivity index (χ0n) is 19.9. The highest BCUT2D eigenvalue weighted by Gasteiger charge is 2.34. The fourth-order valence-corrected chi connectivity index (χ4v) is 3.31. The molecule has 0 aliphatic carbocycles. The van der Waals surface area contributed by atoms with E-state index in [9.17, 15) is 27.2 Å². The Labute approximate surface area is 203 Å². The summed E-state index contributed by atoms with van der Waals surface area (Å²) >= 11 is 0. The molecule has 13 heteroatoms. The molecule has 0 aliphatic rings. The van der Waals surface area contributed by atoms with Crippen molar-refractivity contribution in [3.05, 3.63) is 63.6 Å². The first-order valence-electron chi connectivity index (χ1n) is 10.7. The fraction of sp³-hybridized carbons (Fsp3) is 0.304. The van der Waals surface area contributed by atoms with Gasteiger partial charge in [-0.05, 0) is 51.7 Å². The van der Waals surface area contributed by atoms with Gasteiger partial charge in [-0.2, -0.15) is 13.2 Å². The molecule has 2 aromatic heterocycles. The molecular weight excluding hydrogens is 484 g/mol. The van der Waals surface area contributed by atoms with E-state index in [0.29, 0.717) is 17.3 Å². The number of pyridine rings is 1. The van der Waals surface area contributed by atoms with Crippen molar-refractivity contribution in [3.63, 3.8) is 0 Å². The standard InChI is InChI=1S/C23H24F4N6O3/c1-5-36-19-7-13(9-29-21(19)34)20-28-10-18(12(2)30-20)32-22(35)31-17-8-15(23(25,26)27)14(6-16(17)24)11-33(3)4/h6-10H,5,11H2,1-4H3,(H,29,34)(H2,31,32,35). The summed E-state index contributed by atoms with van der Waals surface area (Å²) in [6.45, 7) is 3.44. The number of amides is 2. The van der Waals surface area contributed by atoms with E-state index in [-0.39, 0.29) is 36.0 Å². The second kappa shape index (κ2) is 10.7. The Bertz CT molecular complexity index is 1320. The summed E-state index contributed by atoms with van der Waals surface area (Å²) in [6, 6.07) is 1.80. The van der Waals surface area contributed by atoms with Crippen molar-refractivity contribution >= 4 is 17.4 Å². The Balaban J connectivity index is 1.81. The number of hydrogen-bond donors (Lipinski definition) is 3. The monoisotopic (exact) mass is 508 g/mol. The number of H-pyrrole nitrogens is 1. The first-order valence-corrected chi connectivity index (χ1v) is 10.7. The average Bonchev–Trinajstić information content (AvgIpc) is 2.77. The van der Waals surface area contributed by atoms with Crippen molar-refractivity contribution in [2.75, 3.05) is 31.3 Å². The van der Waals surface area contributed by atoms with Crippen LogP contribution < -0.4 is 20.9 Å². The lowest BCUT2D eigenvalue weighted by molar-refractivity contribution is -0.138. The van der Waals surface area contributed by atoms with Gasteiger partial charge in [-0.25, -0.2) is 19.2 Å². The number of ether oxygens (including phenoxy) is 1.